The Morgan fingerprint density at radius 3 is 2.80 bits per heavy atom. The first-order valence-corrected chi connectivity index (χ1v) is 8.39. The van der Waals surface area contributed by atoms with Gasteiger partial charge < -0.3 is 5.32 Å². The molecule has 2 aromatic heterocycles. The molecule has 104 valence electrons. The number of thiazole rings is 2. The normalized spacial score (nSPS) is 12.9. The highest BCUT2D eigenvalue weighted by molar-refractivity contribution is 7.18. The predicted molar refractivity (Wildman–Crippen MR) is 86.6 cm³/mol. The summed E-state index contributed by atoms with van der Waals surface area (Å²) in [6.45, 7) is 5.14. The molecule has 1 aromatic carbocycles. The van der Waals surface area contributed by atoms with E-state index < -0.39 is 0 Å². The number of hydrogen-bond acceptors (Lipinski definition) is 5. The number of nitrogens with one attached hydrogen (secondary N) is 1. The molecule has 0 aliphatic carbocycles. The van der Waals surface area contributed by atoms with Gasteiger partial charge in [0.2, 0.25) is 0 Å². The highest BCUT2D eigenvalue weighted by atomic mass is 32.1. The molecule has 1 atom stereocenters. The lowest BCUT2D eigenvalue weighted by molar-refractivity contribution is 0.556. The summed E-state index contributed by atoms with van der Waals surface area (Å²) < 4.78 is 1.26. The molecule has 5 heteroatoms. The molecule has 0 spiro atoms. The number of para-hydroxylation sites is 1. The molecule has 3 rings (SSSR count). The van der Waals surface area contributed by atoms with Gasteiger partial charge in [0.1, 0.15) is 0 Å². The molecule has 0 saturated carbocycles. The molecule has 0 amide bonds. The van der Waals surface area contributed by atoms with Crippen molar-refractivity contribution in [3.8, 4) is 0 Å². The van der Waals surface area contributed by atoms with Gasteiger partial charge >= 0.3 is 0 Å². The highest BCUT2D eigenvalue weighted by Gasteiger charge is 2.16. The van der Waals surface area contributed by atoms with Crippen LogP contribution in [0.5, 0.6) is 0 Å². The maximum Gasteiger partial charge on any atom is 0.0957 e. The van der Waals surface area contributed by atoms with E-state index in [1.807, 2.05) is 12.3 Å². The largest absolute Gasteiger partial charge is 0.309 e. The summed E-state index contributed by atoms with van der Waals surface area (Å²) in [4.78, 5) is 10.4. The van der Waals surface area contributed by atoms with Crippen molar-refractivity contribution in [3.05, 3.63) is 45.4 Å². The summed E-state index contributed by atoms with van der Waals surface area (Å²) in [6, 6.07) is 8.63. The molecule has 1 N–H and O–H groups in total. The van der Waals surface area contributed by atoms with Gasteiger partial charge in [0.15, 0.2) is 0 Å². The van der Waals surface area contributed by atoms with E-state index in [2.05, 4.69) is 42.3 Å². The van der Waals surface area contributed by atoms with Gasteiger partial charge in [-0.15, -0.1) is 22.7 Å². The molecule has 0 saturated heterocycles. The zero-order chi connectivity index (χ0) is 13.9. The number of fused-ring (bicyclic) bond motifs is 1. The number of likely N-dealkylation sites (N-methyl/N-ethyl adjacent to an activating group) is 1. The van der Waals surface area contributed by atoms with Crippen molar-refractivity contribution in [1.82, 2.24) is 15.3 Å². The Bertz CT molecular complexity index is 669. The summed E-state index contributed by atoms with van der Waals surface area (Å²) in [7, 11) is 0. The first-order valence-electron chi connectivity index (χ1n) is 6.76. The van der Waals surface area contributed by atoms with Crippen LogP contribution in [0, 0.1) is 6.92 Å². The van der Waals surface area contributed by atoms with Gasteiger partial charge in [0.25, 0.3) is 0 Å². The summed E-state index contributed by atoms with van der Waals surface area (Å²) in [5.41, 5.74) is 1.10. The minimum absolute atomic E-state index is 0.312. The molecular formula is C15H17N3S2. The van der Waals surface area contributed by atoms with Crippen LogP contribution in [0.15, 0.2) is 30.5 Å². The van der Waals surface area contributed by atoms with Crippen LogP contribution in [0.25, 0.3) is 10.2 Å². The predicted octanol–water partition coefficient (Wildman–Crippen LogP) is 3.95. The number of hydrogen-bond donors (Lipinski definition) is 1. The van der Waals surface area contributed by atoms with Crippen molar-refractivity contribution in [2.24, 2.45) is 0 Å². The minimum atomic E-state index is 0.312. The Morgan fingerprint density at radius 1 is 1.25 bits per heavy atom. The van der Waals surface area contributed by atoms with E-state index >= 15 is 0 Å². The van der Waals surface area contributed by atoms with E-state index in [0.717, 1.165) is 23.5 Å². The molecule has 20 heavy (non-hydrogen) atoms. The third-order valence-electron chi connectivity index (χ3n) is 3.15. The summed E-state index contributed by atoms with van der Waals surface area (Å²) >= 11 is 3.55. The lowest BCUT2D eigenvalue weighted by Gasteiger charge is -2.14. The van der Waals surface area contributed by atoms with Crippen molar-refractivity contribution in [2.75, 3.05) is 6.54 Å². The van der Waals surface area contributed by atoms with E-state index in [4.69, 9.17) is 4.98 Å². The summed E-state index contributed by atoms with van der Waals surface area (Å²) in [5.74, 6) is 0. The third kappa shape index (κ3) is 2.90. The fraction of sp³-hybridized carbons (Fsp3) is 0.333. The zero-order valence-corrected chi connectivity index (χ0v) is 13.2. The van der Waals surface area contributed by atoms with Crippen molar-refractivity contribution in [3.63, 3.8) is 0 Å². The van der Waals surface area contributed by atoms with Crippen LogP contribution in [0.3, 0.4) is 0 Å². The lowest BCUT2D eigenvalue weighted by atomic mass is 10.2. The number of aryl methyl sites for hydroxylation is 1. The fourth-order valence-electron chi connectivity index (χ4n) is 2.24. The Labute approximate surface area is 126 Å². The summed E-state index contributed by atoms with van der Waals surface area (Å²) in [5, 5.41) is 5.84. The number of benzene rings is 1. The number of rotatable bonds is 5. The molecule has 3 aromatic rings. The number of aromatic nitrogens is 2. The molecule has 1 unspecified atom stereocenters. The van der Waals surface area contributed by atoms with Crippen LogP contribution >= 0.6 is 22.7 Å². The lowest BCUT2D eigenvalue weighted by Crippen LogP contribution is -2.22. The van der Waals surface area contributed by atoms with Crippen LogP contribution in [0.1, 0.15) is 27.9 Å². The second-order valence-electron chi connectivity index (χ2n) is 4.67. The molecule has 2 heterocycles. The minimum Gasteiger partial charge on any atom is -0.309 e. The molecule has 0 fully saturated rings. The van der Waals surface area contributed by atoms with Gasteiger partial charge in [-0.25, -0.2) is 9.97 Å². The molecule has 3 nitrogen and oxygen atoms in total. The highest BCUT2D eigenvalue weighted by Crippen LogP contribution is 2.28. The molecule has 0 aliphatic heterocycles. The van der Waals surface area contributed by atoms with Gasteiger partial charge in [0.05, 0.1) is 20.2 Å². The second kappa shape index (κ2) is 5.99. The zero-order valence-electron chi connectivity index (χ0n) is 11.6. The second-order valence-corrected chi connectivity index (χ2v) is 7.05. The fourth-order valence-corrected chi connectivity index (χ4v) is 4.11. The van der Waals surface area contributed by atoms with E-state index in [0.29, 0.717) is 6.04 Å². The standard InChI is InChI=1S/C15H17N3S2/c1-3-16-12(14-9-17-10(2)19-14)8-15-18-11-6-4-5-7-13(11)20-15/h4-7,9,12,16H,3,8H2,1-2H3. The molecule has 0 aliphatic rings. The maximum atomic E-state index is 4.73. The average molecular weight is 303 g/mol. The van der Waals surface area contributed by atoms with Crippen LogP contribution in [-0.4, -0.2) is 16.5 Å². The average Bonchev–Trinajstić information content (AvgIpc) is 3.03. The SMILES string of the molecule is CCNC(Cc1nc2ccccc2s1)c1cnc(C)s1. The van der Waals surface area contributed by atoms with E-state index in [1.54, 1.807) is 22.7 Å². The van der Waals surface area contributed by atoms with Gasteiger partial charge in [-0.1, -0.05) is 19.1 Å². The quantitative estimate of drug-likeness (QED) is 0.775. The monoisotopic (exact) mass is 303 g/mol. The Balaban J connectivity index is 1.85. The van der Waals surface area contributed by atoms with Crippen molar-refractivity contribution in [1.29, 1.82) is 0 Å². The first-order chi connectivity index (χ1) is 9.76. The molecular weight excluding hydrogens is 286 g/mol. The van der Waals surface area contributed by atoms with Crippen molar-refractivity contribution >= 4 is 32.9 Å². The van der Waals surface area contributed by atoms with Crippen molar-refractivity contribution < 1.29 is 0 Å². The maximum absolute atomic E-state index is 4.73. The Hall–Kier alpha value is -1.30. The van der Waals surface area contributed by atoms with Crippen LogP contribution < -0.4 is 5.32 Å². The van der Waals surface area contributed by atoms with Gasteiger partial charge in [0, 0.05) is 23.5 Å². The van der Waals surface area contributed by atoms with E-state index in [9.17, 15) is 0 Å². The smallest absolute Gasteiger partial charge is 0.0957 e. The van der Waals surface area contributed by atoms with E-state index in [-0.39, 0.29) is 0 Å². The van der Waals surface area contributed by atoms with E-state index in [1.165, 1.54) is 14.6 Å². The molecule has 0 bridgehead atoms. The Morgan fingerprint density at radius 2 is 2.10 bits per heavy atom. The third-order valence-corrected chi connectivity index (χ3v) is 5.24. The first kappa shape index (κ1) is 13.7. The van der Waals surface area contributed by atoms with Crippen LogP contribution in [-0.2, 0) is 6.42 Å². The van der Waals surface area contributed by atoms with Gasteiger partial charge in [-0.05, 0) is 25.6 Å². The van der Waals surface area contributed by atoms with Gasteiger partial charge in [-0.2, -0.15) is 0 Å². The van der Waals surface area contributed by atoms with Crippen LogP contribution in [0.2, 0.25) is 0 Å². The summed E-state index contributed by atoms with van der Waals surface area (Å²) in [6.07, 6.45) is 2.91. The van der Waals surface area contributed by atoms with Crippen molar-refractivity contribution in [2.45, 2.75) is 26.3 Å². The van der Waals surface area contributed by atoms with Crippen LogP contribution in [0.4, 0.5) is 0 Å². The molecule has 0 radical (unpaired) electrons. The van der Waals surface area contributed by atoms with Gasteiger partial charge in [-0.3, -0.25) is 0 Å². The number of nitrogens with zero attached hydrogens (tertiary/aromatic N) is 2. The topological polar surface area (TPSA) is 37.8 Å². The Kier molecular flexibility index (Phi) is 4.10.